The first-order chi connectivity index (χ1) is 11.3. The third kappa shape index (κ3) is 3.07. The normalized spacial score (nSPS) is 25.5. The second-order valence-corrected chi connectivity index (χ2v) is 7.04. The number of carbonyl (C=O) groups is 1. The maximum Gasteiger partial charge on any atom is 0.255 e. The van der Waals surface area contributed by atoms with E-state index in [2.05, 4.69) is 14.8 Å². The fourth-order valence-electron chi connectivity index (χ4n) is 4.22. The van der Waals surface area contributed by atoms with Crippen molar-refractivity contribution >= 4 is 11.7 Å². The summed E-state index contributed by atoms with van der Waals surface area (Å²) in [7, 11) is 0. The highest BCUT2D eigenvalue weighted by molar-refractivity contribution is 5.94. The van der Waals surface area contributed by atoms with Crippen LogP contribution in [-0.4, -0.2) is 66.0 Å². The number of hydrogen-bond donors (Lipinski definition) is 0. The van der Waals surface area contributed by atoms with Crippen LogP contribution in [-0.2, 0) is 0 Å². The van der Waals surface area contributed by atoms with E-state index in [1.54, 1.807) is 6.20 Å². The lowest BCUT2D eigenvalue weighted by atomic mass is 10.2. The van der Waals surface area contributed by atoms with Crippen LogP contribution in [0.1, 0.15) is 42.5 Å². The summed E-state index contributed by atoms with van der Waals surface area (Å²) < 4.78 is 0. The zero-order valence-electron chi connectivity index (χ0n) is 13.8. The number of carbonyl (C=O) groups excluding carboxylic acids is 1. The van der Waals surface area contributed by atoms with Crippen LogP contribution in [0, 0.1) is 0 Å². The highest BCUT2D eigenvalue weighted by Crippen LogP contribution is 2.23. The molecule has 23 heavy (non-hydrogen) atoms. The summed E-state index contributed by atoms with van der Waals surface area (Å²) >= 11 is 0. The molecule has 0 radical (unpaired) electrons. The van der Waals surface area contributed by atoms with E-state index < -0.39 is 0 Å². The molecule has 5 nitrogen and oxygen atoms in total. The Morgan fingerprint density at radius 2 is 1.83 bits per heavy atom. The zero-order valence-corrected chi connectivity index (χ0v) is 13.8. The molecule has 0 unspecified atom stereocenters. The molecule has 0 spiro atoms. The second kappa shape index (κ2) is 6.48. The van der Waals surface area contributed by atoms with Gasteiger partial charge in [0, 0.05) is 45.0 Å². The van der Waals surface area contributed by atoms with Crippen LogP contribution in [0.15, 0.2) is 18.3 Å². The molecule has 3 saturated heterocycles. The monoisotopic (exact) mass is 314 g/mol. The second-order valence-electron chi connectivity index (χ2n) is 7.04. The zero-order chi connectivity index (χ0) is 15.6. The molecular formula is C18H26N4O. The first-order valence-electron chi connectivity index (χ1n) is 9.05. The molecule has 0 N–H and O–H groups in total. The predicted octanol–water partition coefficient (Wildman–Crippen LogP) is 1.99. The molecule has 1 amide bonds. The van der Waals surface area contributed by atoms with Gasteiger partial charge in [-0.15, -0.1) is 0 Å². The van der Waals surface area contributed by atoms with E-state index in [9.17, 15) is 4.79 Å². The quantitative estimate of drug-likeness (QED) is 0.837. The van der Waals surface area contributed by atoms with Gasteiger partial charge in [0.25, 0.3) is 5.91 Å². The van der Waals surface area contributed by atoms with Crippen molar-refractivity contribution in [2.24, 2.45) is 0 Å². The maximum atomic E-state index is 12.8. The topological polar surface area (TPSA) is 39.7 Å². The Morgan fingerprint density at radius 1 is 1.00 bits per heavy atom. The lowest BCUT2D eigenvalue weighted by Crippen LogP contribution is -2.39. The number of rotatable bonds is 2. The van der Waals surface area contributed by atoms with E-state index in [1.807, 2.05) is 17.0 Å². The summed E-state index contributed by atoms with van der Waals surface area (Å²) in [5, 5.41) is 0. The van der Waals surface area contributed by atoms with E-state index in [0.29, 0.717) is 6.04 Å². The highest BCUT2D eigenvalue weighted by atomic mass is 16.2. The number of amides is 1. The van der Waals surface area contributed by atoms with E-state index in [-0.39, 0.29) is 5.91 Å². The van der Waals surface area contributed by atoms with Crippen LogP contribution in [0.3, 0.4) is 0 Å². The number of pyridine rings is 1. The minimum absolute atomic E-state index is 0.152. The van der Waals surface area contributed by atoms with Crippen LogP contribution in [0.4, 0.5) is 5.82 Å². The molecule has 0 aromatic carbocycles. The summed E-state index contributed by atoms with van der Waals surface area (Å²) in [6.07, 6.45) is 7.85. The number of anilines is 1. The standard InChI is InChI=1S/C18H26N4O/c23-18(22-12-4-11-20-10-3-5-16(20)14-22)15-6-7-17(19-13-15)21-8-1-2-9-21/h6-7,13,16H,1-5,8-12,14H2/t16-/m0/s1. The number of hydrogen-bond acceptors (Lipinski definition) is 4. The van der Waals surface area contributed by atoms with Crippen LogP contribution in [0.25, 0.3) is 0 Å². The number of nitrogens with zero attached hydrogens (tertiary/aromatic N) is 4. The Balaban J connectivity index is 1.45. The summed E-state index contributed by atoms with van der Waals surface area (Å²) in [5.41, 5.74) is 0.736. The molecule has 5 heteroatoms. The van der Waals surface area contributed by atoms with Gasteiger partial charge in [0.2, 0.25) is 0 Å². The summed E-state index contributed by atoms with van der Waals surface area (Å²) in [5.74, 6) is 1.16. The van der Waals surface area contributed by atoms with Crippen molar-refractivity contribution in [2.75, 3.05) is 44.2 Å². The van der Waals surface area contributed by atoms with Crippen molar-refractivity contribution in [3.8, 4) is 0 Å². The van der Waals surface area contributed by atoms with Gasteiger partial charge in [0.1, 0.15) is 5.82 Å². The van der Waals surface area contributed by atoms with Gasteiger partial charge in [-0.25, -0.2) is 4.98 Å². The summed E-state index contributed by atoms with van der Waals surface area (Å²) in [6, 6.07) is 4.54. The molecule has 1 aromatic rings. The van der Waals surface area contributed by atoms with Gasteiger partial charge < -0.3 is 9.80 Å². The number of fused-ring (bicyclic) bond motifs is 1. The fraction of sp³-hybridized carbons (Fsp3) is 0.667. The largest absolute Gasteiger partial charge is 0.357 e. The Hall–Kier alpha value is -1.62. The molecule has 4 heterocycles. The Bertz CT molecular complexity index is 553. The Labute approximate surface area is 138 Å². The van der Waals surface area contributed by atoms with E-state index in [1.165, 1.54) is 32.2 Å². The van der Waals surface area contributed by atoms with E-state index in [4.69, 9.17) is 0 Å². The molecule has 1 aromatic heterocycles. The third-order valence-electron chi connectivity index (χ3n) is 5.52. The van der Waals surface area contributed by atoms with Gasteiger partial charge in [-0.2, -0.15) is 0 Å². The molecule has 0 aliphatic carbocycles. The van der Waals surface area contributed by atoms with Crippen LogP contribution < -0.4 is 4.90 Å². The maximum absolute atomic E-state index is 12.8. The van der Waals surface area contributed by atoms with Crippen molar-refractivity contribution in [1.82, 2.24) is 14.8 Å². The fourth-order valence-corrected chi connectivity index (χ4v) is 4.22. The summed E-state index contributed by atoms with van der Waals surface area (Å²) in [4.78, 5) is 24.3. The van der Waals surface area contributed by atoms with Crippen molar-refractivity contribution in [3.63, 3.8) is 0 Å². The Kier molecular flexibility index (Phi) is 4.21. The molecule has 3 fully saturated rings. The molecule has 0 bridgehead atoms. The van der Waals surface area contributed by atoms with E-state index >= 15 is 0 Å². The Morgan fingerprint density at radius 3 is 2.61 bits per heavy atom. The third-order valence-corrected chi connectivity index (χ3v) is 5.52. The average molecular weight is 314 g/mol. The summed E-state index contributed by atoms with van der Waals surface area (Å²) in [6.45, 7) is 6.28. The molecule has 3 aliphatic heterocycles. The predicted molar refractivity (Wildman–Crippen MR) is 90.8 cm³/mol. The molecule has 1 atom stereocenters. The smallest absolute Gasteiger partial charge is 0.255 e. The van der Waals surface area contributed by atoms with E-state index in [0.717, 1.165) is 50.5 Å². The van der Waals surface area contributed by atoms with Gasteiger partial charge >= 0.3 is 0 Å². The number of aromatic nitrogens is 1. The van der Waals surface area contributed by atoms with Gasteiger partial charge in [-0.05, 0) is 50.8 Å². The lowest BCUT2D eigenvalue weighted by Gasteiger charge is -2.26. The van der Waals surface area contributed by atoms with Gasteiger partial charge in [0.05, 0.1) is 5.56 Å². The van der Waals surface area contributed by atoms with Crippen LogP contribution in [0.5, 0.6) is 0 Å². The highest BCUT2D eigenvalue weighted by Gasteiger charge is 2.30. The lowest BCUT2D eigenvalue weighted by molar-refractivity contribution is 0.0743. The van der Waals surface area contributed by atoms with Crippen molar-refractivity contribution in [2.45, 2.75) is 38.1 Å². The van der Waals surface area contributed by atoms with Crippen LogP contribution >= 0.6 is 0 Å². The van der Waals surface area contributed by atoms with Gasteiger partial charge in [0.15, 0.2) is 0 Å². The van der Waals surface area contributed by atoms with Gasteiger partial charge in [-0.1, -0.05) is 0 Å². The first kappa shape index (κ1) is 14.9. The van der Waals surface area contributed by atoms with Crippen LogP contribution in [0.2, 0.25) is 0 Å². The van der Waals surface area contributed by atoms with Gasteiger partial charge in [-0.3, -0.25) is 9.69 Å². The first-order valence-corrected chi connectivity index (χ1v) is 9.05. The molecule has 0 saturated carbocycles. The minimum atomic E-state index is 0.152. The molecule has 124 valence electrons. The van der Waals surface area contributed by atoms with Crippen molar-refractivity contribution in [1.29, 1.82) is 0 Å². The SMILES string of the molecule is O=C(c1ccc(N2CCCC2)nc1)N1CCCN2CCC[C@H]2C1. The average Bonchev–Trinajstić information content (AvgIpc) is 3.23. The molecule has 3 aliphatic rings. The minimum Gasteiger partial charge on any atom is -0.357 e. The van der Waals surface area contributed by atoms with Crippen molar-refractivity contribution in [3.05, 3.63) is 23.9 Å². The molecular weight excluding hydrogens is 288 g/mol. The van der Waals surface area contributed by atoms with Crippen molar-refractivity contribution < 1.29 is 4.79 Å². The molecule has 4 rings (SSSR count).